The van der Waals surface area contributed by atoms with E-state index in [-0.39, 0.29) is 17.5 Å². The van der Waals surface area contributed by atoms with Crippen LogP contribution in [0.3, 0.4) is 0 Å². The number of carbonyl (C=O) groups excluding carboxylic acids is 2. The van der Waals surface area contributed by atoms with Gasteiger partial charge in [0.1, 0.15) is 0 Å². The smallest absolute Gasteiger partial charge is 0.333 e. The fraction of sp³-hybridized carbons (Fsp3) is 0.462. The number of amides is 2. The summed E-state index contributed by atoms with van der Waals surface area (Å²) in [6.07, 6.45) is 0.643. The van der Waals surface area contributed by atoms with Crippen molar-refractivity contribution in [2.24, 2.45) is 0 Å². The highest BCUT2D eigenvalue weighted by Crippen LogP contribution is 2.33. The Balaban J connectivity index is 1.40. The van der Waals surface area contributed by atoms with E-state index in [1.807, 2.05) is 0 Å². The van der Waals surface area contributed by atoms with Gasteiger partial charge in [-0.15, -0.1) is 0 Å². The minimum absolute atomic E-state index is 0.00666. The van der Waals surface area contributed by atoms with Gasteiger partial charge < -0.3 is 15.1 Å². The molecule has 0 radical (unpaired) electrons. The van der Waals surface area contributed by atoms with Crippen LogP contribution >= 0.6 is 0 Å². The van der Waals surface area contributed by atoms with Crippen LogP contribution in [0, 0.1) is 0 Å². The molecular formula is C26H30F3N3O2. The number of rotatable bonds is 7. The average molecular weight is 474 g/mol. The van der Waals surface area contributed by atoms with Crippen LogP contribution < -0.4 is 5.32 Å². The van der Waals surface area contributed by atoms with Crippen LogP contribution in [0.2, 0.25) is 0 Å². The van der Waals surface area contributed by atoms with Crippen molar-refractivity contribution >= 4 is 17.5 Å². The van der Waals surface area contributed by atoms with E-state index in [2.05, 4.69) is 22.0 Å². The Labute approximate surface area is 197 Å². The van der Waals surface area contributed by atoms with E-state index in [1.165, 1.54) is 12.1 Å². The molecule has 5 nitrogen and oxygen atoms in total. The van der Waals surface area contributed by atoms with E-state index in [9.17, 15) is 22.8 Å². The summed E-state index contributed by atoms with van der Waals surface area (Å²) in [4.78, 5) is 30.3. The number of piperidine rings is 1. The number of carbonyl (C=O) groups is 2. The molecule has 0 atom stereocenters. The summed E-state index contributed by atoms with van der Waals surface area (Å²) in [7, 11) is 0. The normalized spacial score (nSPS) is 17.4. The third-order valence-electron chi connectivity index (χ3n) is 6.51. The lowest BCUT2D eigenvalue weighted by Crippen LogP contribution is -2.48. The maximum atomic E-state index is 13.3. The van der Waals surface area contributed by atoms with E-state index in [0.717, 1.165) is 63.9 Å². The Morgan fingerprint density at radius 1 is 0.971 bits per heavy atom. The van der Waals surface area contributed by atoms with E-state index >= 15 is 0 Å². The Hall–Kier alpha value is -2.87. The molecule has 1 N–H and O–H groups in total. The molecule has 2 fully saturated rings. The molecule has 2 aromatic carbocycles. The molecule has 2 aliphatic rings. The molecule has 0 aromatic heterocycles. The maximum absolute atomic E-state index is 13.3. The maximum Gasteiger partial charge on any atom is 0.416 e. The van der Waals surface area contributed by atoms with Gasteiger partial charge in [0.2, 0.25) is 0 Å². The fourth-order valence-corrected chi connectivity index (χ4v) is 4.61. The van der Waals surface area contributed by atoms with Crippen molar-refractivity contribution in [2.75, 3.05) is 25.0 Å². The summed E-state index contributed by atoms with van der Waals surface area (Å²) in [5, 5.41) is 2.61. The van der Waals surface area contributed by atoms with Gasteiger partial charge in [-0.3, -0.25) is 9.59 Å². The second kappa shape index (κ2) is 10.2. The highest BCUT2D eigenvalue weighted by Gasteiger charge is 2.38. The van der Waals surface area contributed by atoms with Gasteiger partial charge in [0.25, 0.3) is 11.8 Å². The first-order valence-corrected chi connectivity index (χ1v) is 11.9. The summed E-state index contributed by atoms with van der Waals surface area (Å²) in [5.41, 5.74) is 0.0239. The standard InChI is InChI=1S/C26H30F3N3O2/c1-2-14-31-15-12-23(13-16-31)32(22-10-11-22)25(34)18-6-8-21(9-7-18)30-24(33)19-4-3-5-20(17-19)26(27,28)29/h3-9,17,22-23H,2,10-16H2,1H3,(H,30,33). The topological polar surface area (TPSA) is 52.6 Å². The molecule has 1 heterocycles. The highest BCUT2D eigenvalue weighted by molar-refractivity contribution is 6.04. The molecule has 1 saturated carbocycles. The number of anilines is 1. The van der Waals surface area contributed by atoms with Gasteiger partial charge in [-0.1, -0.05) is 13.0 Å². The zero-order valence-corrected chi connectivity index (χ0v) is 19.3. The molecule has 1 saturated heterocycles. The van der Waals surface area contributed by atoms with Crippen LogP contribution in [0.15, 0.2) is 48.5 Å². The van der Waals surface area contributed by atoms with Crippen LogP contribution in [0.1, 0.15) is 65.3 Å². The molecule has 1 aliphatic carbocycles. The average Bonchev–Trinajstić information content (AvgIpc) is 3.66. The van der Waals surface area contributed by atoms with E-state index in [0.29, 0.717) is 17.3 Å². The Morgan fingerprint density at radius 2 is 1.62 bits per heavy atom. The van der Waals surface area contributed by atoms with Gasteiger partial charge in [-0.25, -0.2) is 0 Å². The van der Waals surface area contributed by atoms with Gasteiger partial charge in [0.15, 0.2) is 0 Å². The summed E-state index contributed by atoms with van der Waals surface area (Å²) in [5.74, 6) is -0.629. The molecule has 1 aliphatic heterocycles. The Kier molecular flexibility index (Phi) is 7.26. The number of hydrogen-bond acceptors (Lipinski definition) is 3. The largest absolute Gasteiger partial charge is 0.416 e. The number of nitrogens with one attached hydrogen (secondary N) is 1. The third-order valence-corrected chi connectivity index (χ3v) is 6.51. The van der Waals surface area contributed by atoms with Gasteiger partial charge in [0, 0.05) is 42.0 Å². The second-order valence-electron chi connectivity index (χ2n) is 9.13. The summed E-state index contributed by atoms with van der Waals surface area (Å²) in [6, 6.07) is 11.4. The van der Waals surface area contributed by atoms with E-state index in [1.54, 1.807) is 24.3 Å². The van der Waals surface area contributed by atoms with Gasteiger partial charge >= 0.3 is 6.18 Å². The molecule has 0 bridgehead atoms. The molecule has 2 aromatic rings. The van der Waals surface area contributed by atoms with E-state index < -0.39 is 17.6 Å². The van der Waals surface area contributed by atoms with Gasteiger partial charge in [-0.05, 0) is 81.1 Å². The molecule has 0 spiro atoms. The van der Waals surface area contributed by atoms with Crippen molar-refractivity contribution in [3.05, 3.63) is 65.2 Å². The zero-order chi connectivity index (χ0) is 24.3. The van der Waals surface area contributed by atoms with Crippen molar-refractivity contribution in [1.29, 1.82) is 0 Å². The molecule has 182 valence electrons. The lowest BCUT2D eigenvalue weighted by atomic mass is 10.0. The van der Waals surface area contributed by atoms with Crippen molar-refractivity contribution in [3.63, 3.8) is 0 Å². The first kappa shape index (κ1) is 24.3. The van der Waals surface area contributed by atoms with Crippen molar-refractivity contribution in [1.82, 2.24) is 9.80 Å². The van der Waals surface area contributed by atoms with Crippen molar-refractivity contribution in [2.45, 2.75) is 57.3 Å². The van der Waals surface area contributed by atoms with Crippen LogP contribution in [0.4, 0.5) is 18.9 Å². The number of likely N-dealkylation sites (tertiary alicyclic amines) is 1. The third kappa shape index (κ3) is 5.78. The SMILES string of the molecule is CCCN1CCC(N(C(=O)c2ccc(NC(=O)c3cccc(C(F)(F)F)c3)cc2)C2CC2)CC1. The number of hydrogen-bond donors (Lipinski definition) is 1. The predicted octanol–water partition coefficient (Wildman–Crippen LogP) is 5.44. The number of halogens is 3. The van der Waals surface area contributed by atoms with Crippen molar-refractivity contribution < 1.29 is 22.8 Å². The first-order chi connectivity index (χ1) is 16.3. The number of benzene rings is 2. The predicted molar refractivity (Wildman–Crippen MR) is 125 cm³/mol. The minimum Gasteiger partial charge on any atom is -0.333 e. The lowest BCUT2D eigenvalue weighted by Gasteiger charge is -2.39. The Morgan fingerprint density at radius 3 is 2.21 bits per heavy atom. The van der Waals surface area contributed by atoms with Crippen LogP contribution in [-0.4, -0.2) is 53.3 Å². The summed E-state index contributed by atoms with van der Waals surface area (Å²) < 4.78 is 38.8. The Bertz CT molecular complexity index is 1010. The molecule has 34 heavy (non-hydrogen) atoms. The second-order valence-corrected chi connectivity index (χ2v) is 9.13. The summed E-state index contributed by atoms with van der Waals surface area (Å²) in [6.45, 7) is 5.29. The van der Waals surface area contributed by atoms with Crippen LogP contribution in [0.5, 0.6) is 0 Å². The molecule has 2 amide bonds. The minimum atomic E-state index is -4.52. The fourth-order valence-electron chi connectivity index (χ4n) is 4.61. The van der Waals surface area contributed by atoms with Gasteiger partial charge in [0.05, 0.1) is 5.56 Å². The zero-order valence-electron chi connectivity index (χ0n) is 19.3. The molecule has 0 unspecified atom stereocenters. The molecular weight excluding hydrogens is 443 g/mol. The molecule has 8 heteroatoms. The summed E-state index contributed by atoms with van der Waals surface area (Å²) >= 11 is 0. The quantitative estimate of drug-likeness (QED) is 0.583. The van der Waals surface area contributed by atoms with Crippen molar-refractivity contribution in [3.8, 4) is 0 Å². The first-order valence-electron chi connectivity index (χ1n) is 11.9. The van der Waals surface area contributed by atoms with Crippen LogP contribution in [0.25, 0.3) is 0 Å². The van der Waals surface area contributed by atoms with Gasteiger partial charge in [-0.2, -0.15) is 13.2 Å². The monoisotopic (exact) mass is 473 g/mol. The lowest BCUT2D eigenvalue weighted by molar-refractivity contribution is -0.137. The highest BCUT2D eigenvalue weighted by atomic mass is 19.4. The number of nitrogens with zero attached hydrogens (tertiary/aromatic N) is 2. The molecule has 4 rings (SSSR count). The van der Waals surface area contributed by atoms with E-state index in [4.69, 9.17) is 0 Å². The number of alkyl halides is 3. The van der Waals surface area contributed by atoms with Crippen LogP contribution in [-0.2, 0) is 6.18 Å².